The highest BCUT2D eigenvalue weighted by Crippen LogP contribution is 2.31. The molecule has 1 aliphatic heterocycles. The Morgan fingerprint density at radius 1 is 1.30 bits per heavy atom. The molecule has 0 spiro atoms. The van der Waals surface area contributed by atoms with Crippen LogP contribution in [0.25, 0.3) is 0 Å². The van der Waals surface area contributed by atoms with E-state index in [0.29, 0.717) is 25.8 Å². The molecule has 6 nitrogen and oxygen atoms in total. The molecule has 0 radical (unpaired) electrons. The Morgan fingerprint density at radius 3 is 2.75 bits per heavy atom. The second-order valence-electron chi connectivity index (χ2n) is 5.94. The van der Waals surface area contributed by atoms with Gasteiger partial charge in [-0.1, -0.05) is 0 Å². The number of esters is 1. The van der Waals surface area contributed by atoms with Crippen molar-refractivity contribution in [2.24, 2.45) is 5.73 Å². The summed E-state index contributed by atoms with van der Waals surface area (Å²) in [5.41, 5.74) is 5.27. The predicted octanol–water partition coefficient (Wildman–Crippen LogP) is -0.0800. The maximum atomic E-state index is 11.8. The molecule has 20 heavy (non-hydrogen) atoms. The molecule has 1 heterocycles. The highest BCUT2D eigenvalue weighted by Gasteiger charge is 2.42. The summed E-state index contributed by atoms with van der Waals surface area (Å²) in [6, 6.07) is 0.182. The second-order valence-corrected chi connectivity index (χ2v) is 8.24. The number of nitrogens with zero attached hydrogens (tertiary/aromatic N) is 1. The fourth-order valence-electron chi connectivity index (χ4n) is 3.30. The minimum Gasteiger partial charge on any atom is -0.468 e. The topological polar surface area (TPSA) is 89.7 Å². The van der Waals surface area contributed by atoms with E-state index in [1.54, 1.807) is 0 Å². The van der Waals surface area contributed by atoms with Crippen molar-refractivity contribution in [2.45, 2.75) is 43.7 Å². The molecule has 2 N–H and O–H groups in total. The summed E-state index contributed by atoms with van der Waals surface area (Å²) in [5, 5.41) is 0. The monoisotopic (exact) mass is 304 g/mol. The van der Waals surface area contributed by atoms with Crippen LogP contribution in [0.2, 0.25) is 0 Å². The van der Waals surface area contributed by atoms with Crippen LogP contribution in [0.3, 0.4) is 0 Å². The third-order valence-corrected chi connectivity index (χ3v) is 6.17. The lowest BCUT2D eigenvalue weighted by molar-refractivity contribution is -0.149. The van der Waals surface area contributed by atoms with Crippen molar-refractivity contribution in [3.63, 3.8) is 0 Å². The highest BCUT2D eigenvalue weighted by atomic mass is 32.2. The Balaban J connectivity index is 2.04. The Kier molecular flexibility index (Phi) is 4.71. The summed E-state index contributed by atoms with van der Waals surface area (Å²) >= 11 is 0. The molecule has 1 aliphatic carbocycles. The Morgan fingerprint density at radius 2 is 2.05 bits per heavy atom. The standard InChI is InChI=1S/C13H24N2O4S/c1-19-12(16)13(14)5-2-4-11(10-13)15-6-3-8-20(17,18)9-7-15/h11H,2-10,14H2,1H3. The molecule has 1 saturated heterocycles. The lowest BCUT2D eigenvalue weighted by atomic mass is 9.79. The second kappa shape index (κ2) is 5.99. The Bertz CT molecular complexity index is 465. The quantitative estimate of drug-likeness (QED) is 0.718. The van der Waals surface area contributed by atoms with Crippen molar-refractivity contribution in [3.8, 4) is 0 Å². The van der Waals surface area contributed by atoms with E-state index in [9.17, 15) is 13.2 Å². The van der Waals surface area contributed by atoms with Crippen LogP contribution in [0.15, 0.2) is 0 Å². The molecule has 116 valence electrons. The van der Waals surface area contributed by atoms with Crippen LogP contribution in [0.5, 0.6) is 0 Å². The molecular formula is C13H24N2O4S. The maximum Gasteiger partial charge on any atom is 0.325 e. The lowest BCUT2D eigenvalue weighted by Crippen LogP contribution is -2.56. The molecule has 0 aromatic heterocycles. The van der Waals surface area contributed by atoms with Crippen molar-refractivity contribution in [2.75, 3.05) is 31.7 Å². The molecule has 2 fully saturated rings. The number of sulfone groups is 1. The van der Waals surface area contributed by atoms with Crippen LogP contribution in [0.1, 0.15) is 32.1 Å². The molecule has 2 atom stereocenters. The first-order valence-corrected chi connectivity index (χ1v) is 9.00. The predicted molar refractivity (Wildman–Crippen MR) is 76.0 cm³/mol. The molecule has 7 heteroatoms. The van der Waals surface area contributed by atoms with Crippen molar-refractivity contribution < 1.29 is 17.9 Å². The molecule has 0 aromatic carbocycles. The number of carbonyl (C=O) groups excluding carboxylic acids is 1. The van der Waals surface area contributed by atoms with Crippen LogP contribution >= 0.6 is 0 Å². The van der Waals surface area contributed by atoms with E-state index in [-0.39, 0.29) is 23.5 Å². The van der Waals surface area contributed by atoms with Crippen LogP contribution in [0.4, 0.5) is 0 Å². The zero-order valence-corrected chi connectivity index (χ0v) is 12.8. The van der Waals surface area contributed by atoms with E-state index < -0.39 is 15.4 Å². The molecule has 2 unspecified atom stereocenters. The molecule has 2 aliphatic rings. The van der Waals surface area contributed by atoms with Gasteiger partial charge in [-0.25, -0.2) is 8.42 Å². The van der Waals surface area contributed by atoms with Gasteiger partial charge in [0.2, 0.25) is 0 Å². The van der Waals surface area contributed by atoms with Crippen LogP contribution in [-0.4, -0.2) is 62.6 Å². The highest BCUT2D eigenvalue weighted by molar-refractivity contribution is 7.91. The van der Waals surface area contributed by atoms with E-state index in [4.69, 9.17) is 10.5 Å². The van der Waals surface area contributed by atoms with Gasteiger partial charge < -0.3 is 10.5 Å². The number of rotatable bonds is 2. The third kappa shape index (κ3) is 3.51. The number of ether oxygens (including phenoxy) is 1. The van der Waals surface area contributed by atoms with Crippen molar-refractivity contribution >= 4 is 15.8 Å². The van der Waals surface area contributed by atoms with E-state index in [2.05, 4.69) is 4.90 Å². The van der Waals surface area contributed by atoms with Gasteiger partial charge in [0.1, 0.15) is 5.54 Å². The molecule has 0 aromatic rings. The van der Waals surface area contributed by atoms with Gasteiger partial charge in [-0.3, -0.25) is 9.69 Å². The summed E-state index contributed by atoms with van der Waals surface area (Å²) in [6.45, 7) is 1.31. The fraction of sp³-hybridized carbons (Fsp3) is 0.923. The zero-order valence-electron chi connectivity index (χ0n) is 12.0. The largest absolute Gasteiger partial charge is 0.468 e. The summed E-state index contributed by atoms with van der Waals surface area (Å²) in [4.78, 5) is 14.0. The molecule has 2 rings (SSSR count). The number of nitrogens with two attached hydrogens (primary N) is 1. The van der Waals surface area contributed by atoms with Gasteiger partial charge in [0.05, 0.1) is 18.6 Å². The minimum absolute atomic E-state index is 0.182. The smallest absolute Gasteiger partial charge is 0.325 e. The first kappa shape index (κ1) is 15.7. The summed E-state index contributed by atoms with van der Waals surface area (Å²) < 4.78 is 28.1. The summed E-state index contributed by atoms with van der Waals surface area (Å²) in [5.74, 6) is 0.116. The Labute approximate surface area is 120 Å². The normalized spacial score (nSPS) is 35.2. The maximum absolute atomic E-state index is 11.8. The SMILES string of the molecule is COC(=O)C1(N)CCCC(N2CCCS(=O)(=O)CC2)C1. The number of hydrogen-bond donors (Lipinski definition) is 1. The van der Waals surface area contributed by atoms with Gasteiger partial charge in [0.15, 0.2) is 9.84 Å². The average Bonchev–Trinajstić information content (AvgIpc) is 2.59. The third-order valence-electron chi connectivity index (χ3n) is 4.46. The van der Waals surface area contributed by atoms with E-state index in [1.165, 1.54) is 7.11 Å². The first-order valence-electron chi connectivity index (χ1n) is 7.18. The van der Waals surface area contributed by atoms with Crippen molar-refractivity contribution in [1.82, 2.24) is 4.90 Å². The molecule has 0 bridgehead atoms. The van der Waals surface area contributed by atoms with E-state index in [1.807, 2.05) is 0 Å². The van der Waals surface area contributed by atoms with Crippen LogP contribution < -0.4 is 5.73 Å². The molecule has 1 saturated carbocycles. The number of carbonyl (C=O) groups is 1. The van der Waals surface area contributed by atoms with Gasteiger partial charge in [0.25, 0.3) is 0 Å². The van der Waals surface area contributed by atoms with Crippen LogP contribution in [0, 0.1) is 0 Å². The summed E-state index contributed by atoms with van der Waals surface area (Å²) in [6.07, 6.45) is 3.70. The molecular weight excluding hydrogens is 280 g/mol. The van der Waals surface area contributed by atoms with E-state index >= 15 is 0 Å². The van der Waals surface area contributed by atoms with Gasteiger partial charge in [-0.2, -0.15) is 0 Å². The van der Waals surface area contributed by atoms with Gasteiger partial charge in [-0.05, 0) is 38.6 Å². The van der Waals surface area contributed by atoms with Crippen molar-refractivity contribution in [1.29, 1.82) is 0 Å². The summed E-state index contributed by atoms with van der Waals surface area (Å²) in [7, 11) is -1.54. The Hall–Kier alpha value is -0.660. The van der Waals surface area contributed by atoms with Crippen molar-refractivity contribution in [3.05, 3.63) is 0 Å². The van der Waals surface area contributed by atoms with Gasteiger partial charge in [-0.15, -0.1) is 0 Å². The zero-order chi connectivity index (χ0) is 14.8. The lowest BCUT2D eigenvalue weighted by Gasteiger charge is -2.40. The first-order chi connectivity index (χ1) is 9.36. The number of hydrogen-bond acceptors (Lipinski definition) is 6. The minimum atomic E-state index is -2.91. The van der Waals surface area contributed by atoms with Gasteiger partial charge in [0, 0.05) is 12.6 Å². The van der Waals surface area contributed by atoms with E-state index in [0.717, 1.165) is 19.4 Å². The number of methoxy groups -OCH3 is 1. The van der Waals surface area contributed by atoms with Crippen LogP contribution in [-0.2, 0) is 19.4 Å². The molecule has 0 amide bonds. The average molecular weight is 304 g/mol. The van der Waals surface area contributed by atoms with Gasteiger partial charge >= 0.3 is 5.97 Å². The fourth-order valence-corrected chi connectivity index (χ4v) is 4.59.